The van der Waals surface area contributed by atoms with E-state index in [2.05, 4.69) is 27.9 Å². The SMILES string of the molecule is CN1CCN(C2=NCC(=O)N(C)c3ccccc32)CC1.O=C(O)C(F)(F)F. The summed E-state index contributed by atoms with van der Waals surface area (Å²) in [5.41, 5.74) is 2.01. The van der Waals surface area contributed by atoms with Crippen LogP contribution in [0.25, 0.3) is 0 Å². The zero-order valence-electron chi connectivity index (χ0n) is 15.0. The summed E-state index contributed by atoms with van der Waals surface area (Å²) in [4.78, 5) is 31.8. The number of aliphatic imine (C=N–C) groups is 1. The van der Waals surface area contributed by atoms with Crippen LogP contribution in [-0.2, 0) is 9.59 Å². The minimum Gasteiger partial charge on any atom is -0.475 e. The van der Waals surface area contributed by atoms with E-state index in [0.717, 1.165) is 43.3 Å². The summed E-state index contributed by atoms with van der Waals surface area (Å²) in [6.45, 7) is 4.21. The lowest BCUT2D eigenvalue weighted by Crippen LogP contribution is -2.47. The van der Waals surface area contributed by atoms with Gasteiger partial charge in [-0.05, 0) is 19.2 Å². The molecular weight excluding hydrogens is 365 g/mol. The third-order valence-electron chi connectivity index (χ3n) is 4.29. The van der Waals surface area contributed by atoms with Gasteiger partial charge in [-0.2, -0.15) is 13.2 Å². The topological polar surface area (TPSA) is 76.5 Å². The lowest BCUT2D eigenvalue weighted by molar-refractivity contribution is -0.192. The molecule has 27 heavy (non-hydrogen) atoms. The van der Waals surface area contributed by atoms with Gasteiger partial charge in [0.1, 0.15) is 12.4 Å². The zero-order valence-corrected chi connectivity index (χ0v) is 15.0. The number of hydrogen-bond donors (Lipinski definition) is 1. The van der Waals surface area contributed by atoms with Crippen LogP contribution in [0, 0.1) is 0 Å². The number of carboxylic acids is 1. The van der Waals surface area contributed by atoms with Gasteiger partial charge in [0.25, 0.3) is 0 Å². The number of hydrogen-bond acceptors (Lipinski definition) is 5. The second-order valence-corrected chi connectivity index (χ2v) is 6.20. The molecule has 0 bridgehead atoms. The van der Waals surface area contributed by atoms with Crippen LogP contribution in [0.15, 0.2) is 29.3 Å². The van der Waals surface area contributed by atoms with Crippen LogP contribution in [0.2, 0.25) is 0 Å². The Balaban J connectivity index is 0.000000321. The first-order valence-electron chi connectivity index (χ1n) is 8.25. The number of likely N-dealkylation sites (N-methyl/N-ethyl adjacent to an activating group) is 2. The molecule has 0 radical (unpaired) electrons. The number of benzene rings is 1. The number of halogens is 3. The van der Waals surface area contributed by atoms with Crippen molar-refractivity contribution in [2.75, 3.05) is 51.7 Å². The molecule has 0 atom stereocenters. The first kappa shape index (κ1) is 20.7. The number of amides is 1. The van der Waals surface area contributed by atoms with E-state index in [4.69, 9.17) is 9.90 Å². The number of carbonyl (C=O) groups excluding carboxylic acids is 1. The number of para-hydroxylation sites is 1. The van der Waals surface area contributed by atoms with Crippen molar-refractivity contribution in [3.8, 4) is 0 Å². The van der Waals surface area contributed by atoms with E-state index in [1.807, 2.05) is 25.2 Å². The average molecular weight is 386 g/mol. The molecule has 1 amide bonds. The Kier molecular flexibility index (Phi) is 6.42. The lowest BCUT2D eigenvalue weighted by Gasteiger charge is -2.35. The summed E-state index contributed by atoms with van der Waals surface area (Å²) in [6.07, 6.45) is -5.08. The maximum atomic E-state index is 12.0. The Morgan fingerprint density at radius 1 is 1.11 bits per heavy atom. The van der Waals surface area contributed by atoms with Crippen molar-refractivity contribution in [1.82, 2.24) is 9.80 Å². The fraction of sp³-hybridized carbons (Fsp3) is 0.471. The normalized spacial score (nSPS) is 18.1. The Morgan fingerprint density at radius 2 is 1.67 bits per heavy atom. The number of carboxylic acid groups (broad SMARTS) is 1. The Labute approximate surface area is 154 Å². The molecule has 1 aromatic carbocycles. The molecule has 0 spiro atoms. The molecule has 2 heterocycles. The predicted molar refractivity (Wildman–Crippen MR) is 94.0 cm³/mol. The summed E-state index contributed by atoms with van der Waals surface area (Å²) in [5.74, 6) is -1.75. The quantitative estimate of drug-likeness (QED) is 0.727. The average Bonchev–Trinajstić information content (AvgIpc) is 2.74. The molecule has 0 unspecified atom stereocenters. The summed E-state index contributed by atoms with van der Waals surface area (Å²) >= 11 is 0. The van der Waals surface area contributed by atoms with Crippen molar-refractivity contribution in [2.24, 2.45) is 4.99 Å². The number of alkyl halides is 3. The van der Waals surface area contributed by atoms with E-state index in [1.54, 1.807) is 4.90 Å². The monoisotopic (exact) mass is 386 g/mol. The van der Waals surface area contributed by atoms with Gasteiger partial charge in [0, 0.05) is 38.8 Å². The number of aliphatic carboxylic acids is 1. The zero-order chi connectivity index (χ0) is 20.2. The highest BCUT2D eigenvalue weighted by Crippen LogP contribution is 2.24. The summed E-state index contributed by atoms with van der Waals surface area (Å²) in [6, 6.07) is 8.02. The molecule has 1 aromatic rings. The number of nitrogens with zero attached hydrogens (tertiary/aromatic N) is 4. The maximum absolute atomic E-state index is 12.0. The summed E-state index contributed by atoms with van der Waals surface area (Å²) < 4.78 is 31.7. The van der Waals surface area contributed by atoms with Gasteiger partial charge in [-0.15, -0.1) is 0 Å². The molecule has 7 nitrogen and oxygen atoms in total. The molecule has 148 valence electrons. The first-order valence-corrected chi connectivity index (χ1v) is 8.25. The summed E-state index contributed by atoms with van der Waals surface area (Å²) in [5, 5.41) is 7.12. The number of fused-ring (bicyclic) bond motifs is 1. The standard InChI is InChI=1S/C15H20N4O.C2HF3O2/c1-17-7-9-19(10-8-17)15-12-5-3-4-6-13(12)18(2)14(20)11-16-15;3-2(4,5)1(6)7/h3-6H,7-11H2,1-2H3;(H,6,7). The minimum atomic E-state index is -5.08. The van der Waals surface area contributed by atoms with Crippen LogP contribution in [0.5, 0.6) is 0 Å². The highest BCUT2D eigenvalue weighted by molar-refractivity contribution is 6.10. The Hall–Kier alpha value is -2.62. The summed E-state index contributed by atoms with van der Waals surface area (Å²) in [7, 11) is 3.96. The lowest BCUT2D eigenvalue weighted by atomic mass is 10.1. The number of carbonyl (C=O) groups is 2. The highest BCUT2D eigenvalue weighted by atomic mass is 19.4. The van der Waals surface area contributed by atoms with Gasteiger partial charge in [0.2, 0.25) is 5.91 Å². The van der Waals surface area contributed by atoms with Gasteiger partial charge in [0.05, 0.1) is 5.69 Å². The van der Waals surface area contributed by atoms with E-state index in [9.17, 15) is 18.0 Å². The van der Waals surface area contributed by atoms with Gasteiger partial charge in [-0.1, -0.05) is 12.1 Å². The van der Waals surface area contributed by atoms with Crippen LogP contribution in [-0.4, -0.2) is 85.6 Å². The van der Waals surface area contributed by atoms with Crippen molar-refractivity contribution in [3.63, 3.8) is 0 Å². The Morgan fingerprint density at radius 3 is 2.22 bits per heavy atom. The van der Waals surface area contributed by atoms with Crippen LogP contribution >= 0.6 is 0 Å². The molecule has 2 aliphatic rings. The van der Waals surface area contributed by atoms with Crippen molar-refractivity contribution >= 4 is 23.4 Å². The van der Waals surface area contributed by atoms with E-state index in [0.29, 0.717) is 0 Å². The minimum absolute atomic E-state index is 0.0431. The molecule has 10 heteroatoms. The molecule has 0 aromatic heterocycles. The number of rotatable bonds is 0. The molecule has 1 fully saturated rings. The van der Waals surface area contributed by atoms with Crippen molar-refractivity contribution in [2.45, 2.75) is 6.18 Å². The molecule has 2 aliphatic heterocycles. The van der Waals surface area contributed by atoms with E-state index >= 15 is 0 Å². The molecule has 3 rings (SSSR count). The smallest absolute Gasteiger partial charge is 0.475 e. The Bertz CT molecular complexity index is 728. The van der Waals surface area contributed by atoms with Crippen molar-refractivity contribution < 1.29 is 27.9 Å². The van der Waals surface area contributed by atoms with Gasteiger partial charge < -0.3 is 19.8 Å². The number of amidine groups is 1. The predicted octanol–water partition coefficient (Wildman–Crippen LogP) is 1.29. The van der Waals surface area contributed by atoms with Crippen molar-refractivity contribution in [3.05, 3.63) is 29.8 Å². The van der Waals surface area contributed by atoms with Crippen LogP contribution < -0.4 is 4.90 Å². The largest absolute Gasteiger partial charge is 0.490 e. The van der Waals surface area contributed by atoms with Crippen molar-refractivity contribution in [1.29, 1.82) is 0 Å². The molecule has 1 saturated heterocycles. The fourth-order valence-corrected chi connectivity index (χ4v) is 2.71. The number of anilines is 1. The van der Waals surface area contributed by atoms with Crippen LogP contribution in [0.3, 0.4) is 0 Å². The third-order valence-corrected chi connectivity index (χ3v) is 4.29. The van der Waals surface area contributed by atoms with Crippen LogP contribution in [0.1, 0.15) is 5.56 Å². The third kappa shape index (κ3) is 5.19. The fourth-order valence-electron chi connectivity index (χ4n) is 2.71. The van der Waals surface area contributed by atoms with Crippen LogP contribution in [0.4, 0.5) is 18.9 Å². The van der Waals surface area contributed by atoms with E-state index in [1.165, 1.54) is 0 Å². The molecule has 1 N–H and O–H groups in total. The highest BCUT2D eigenvalue weighted by Gasteiger charge is 2.38. The maximum Gasteiger partial charge on any atom is 0.490 e. The second-order valence-electron chi connectivity index (χ2n) is 6.20. The molecule has 0 aliphatic carbocycles. The second kappa shape index (κ2) is 8.38. The van der Waals surface area contributed by atoms with E-state index in [-0.39, 0.29) is 12.5 Å². The molecular formula is C17H21F3N4O3. The van der Waals surface area contributed by atoms with Gasteiger partial charge >= 0.3 is 12.1 Å². The first-order chi connectivity index (χ1) is 12.6. The van der Waals surface area contributed by atoms with Gasteiger partial charge in [-0.3, -0.25) is 9.79 Å². The molecule has 0 saturated carbocycles. The number of benzodiazepines with no additional fused rings is 1. The van der Waals surface area contributed by atoms with E-state index < -0.39 is 12.1 Å². The number of piperazine rings is 1. The van der Waals surface area contributed by atoms with Gasteiger partial charge in [0.15, 0.2) is 0 Å². The van der Waals surface area contributed by atoms with Gasteiger partial charge in [-0.25, -0.2) is 4.79 Å².